The number of rotatable bonds is 8. The van der Waals surface area contributed by atoms with Crippen molar-refractivity contribution in [3.05, 3.63) is 45.9 Å². The first kappa shape index (κ1) is 21.4. The van der Waals surface area contributed by atoms with Crippen LogP contribution in [0.5, 0.6) is 17.2 Å². The standard InChI is InChI=1S/C23H28Cl2N2O3/c24-18-7-5-8-19(23(18)25)27-12-10-26(11-13-27)9-4-2-1-3-6-17-14-21-22(15-20(17)28)30-16-29-21/h5,7-8,14-15,28H,1-4,6,9-13,16H2. The van der Waals surface area contributed by atoms with Crippen LogP contribution in [0.4, 0.5) is 5.69 Å². The monoisotopic (exact) mass is 450 g/mol. The Morgan fingerprint density at radius 2 is 1.63 bits per heavy atom. The van der Waals surface area contributed by atoms with Gasteiger partial charge in [-0.15, -0.1) is 0 Å². The minimum absolute atomic E-state index is 0.235. The Kier molecular flexibility index (Phi) is 7.13. The molecule has 0 aliphatic carbocycles. The topological polar surface area (TPSA) is 45.2 Å². The van der Waals surface area contributed by atoms with Crippen molar-refractivity contribution in [1.82, 2.24) is 4.90 Å². The van der Waals surface area contributed by atoms with Crippen molar-refractivity contribution < 1.29 is 14.6 Å². The van der Waals surface area contributed by atoms with Crippen LogP contribution in [-0.4, -0.2) is 49.5 Å². The second-order valence-electron chi connectivity index (χ2n) is 7.90. The molecule has 4 rings (SSSR count). The molecule has 162 valence electrons. The number of fused-ring (bicyclic) bond motifs is 1. The number of hydrogen-bond acceptors (Lipinski definition) is 5. The van der Waals surface area contributed by atoms with Crippen LogP contribution in [0, 0.1) is 0 Å². The molecule has 2 heterocycles. The van der Waals surface area contributed by atoms with Gasteiger partial charge in [-0.2, -0.15) is 0 Å². The number of anilines is 1. The molecule has 30 heavy (non-hydrogen) atoms. The average Bonchev–Trinajstić information content (AvgIpc) is 3.20. The van der Waals surface area contributed by atoms with Crippen molar-refractivity contribution in [1.29, 1.82) is 0 Å². The van der Waals surface area contributed by atoms with E-state index in [1.165, 1.54) is 12.8 Å². The minimum atomic E-state index is 0.235. The van der Waals surface area contributed by atoms with Crippen LogP contribution < -0.4 is 14.4 Å². The second kappa shape index (κ2) is 9.99. The van der Waals surface area contributed by atoms with E-state index >= 15 is 0 Å². The van der Waals surface area contributed by atoms with E-state index < -0.39 is 0 Å². The molecule has 7 heteroatoms. The Morgan fingerprint density at radius 3 is 2.43 bits per heavy atom. The number of piperazine rings is 1. The van der Waals surface area contributed by atoms with Gasteiger partial charge in [0, 0.05) is 32.2 Å². The first-order valence-electron chi connectivity index (χ1n) is 10.6. The molecular weight excluding hydrogens is 423 g/mol. The number of ether oxygens (including phenoxy) is 2. The molecule has 2 aliphatic heterocycles. The summed E-state index contributed by atoms with van der Waals surface area (Å²) in [4.78, 5) is 4.85. The largest absolute Gasteiger partial charge is 0.508 e. The molecule has 1 fully saturated rings. The van der Waals surface area contributed by atoms with Crippen molar-refractivity contribution in [2.75, 3.05) is 44.4 Å². The Labute approximate surface area is 188 Å². The summed E-state index contributed by atoms with van der Waals surface area (Å²) in [6.07, 6.45) is 5.48. The molecule has 0 amide bonds. The fraction of sp³-hybridized carbons (Fsp3) is 0.478. The number of phenolic OH excluding ortho intramolecular Hbond substituents is 1. The normalized spacial score (nSPS) is 16.3. The Bertz CT molecular complexity index is 870. The summed E-state index contributed by atoms with van der Waals surface area (Å²) in [6.45, 7) is 5.42. The van der Waals surface area contributed by atoms with Crippen LogP contribution in [0.15, 0.2) is 30.3 Å². The van der Waals surface area contributed by atoms with Crippen molar-refractivity contribution in [3.63, 3.8) is 0 Å². The van der Waals surface area contributed by atoms with Crippen molar-refractivity contribution in [2.24, 2.45) is 0 Å². The molecular formula is C23H28Cl2N2O3. The minimum Gasteiger partial charge on any atom is -0.508 e. The van der Waals surface area contributed by atoms with Crippen molar-refractivity contribution >= 4 is 28.9 Å². The predicted molar refractivity (Wildman–Crippen MR) is 122 cm³/mol. The highest BCUT2D eigenvalue weighted by Crippen LogP contribution is 2.38. The molecule has 1 saturated heterocycles. The molecule has 0 unspecified atom stereocenters. The quantitative estimate of drug-likeness (QED) is 0.548. The van der Waals surface area contributed by atoms with E-state index in [2.05, 4.69) is 9.80 Å². The Hall–Kier alpha value is -1.82. The highest BCUT2D eigenvalue weighted by molar-refractivity contribution is 6.43. The highest BCUT2D eigenvalue weighted by Gasteiger charge is 2.19. The number of aromatic hydroxyl groups is 1. The van der Waals surface area contributed by atoms with E-state index in [0.29, 0.717) is 21.5 Å². The van der Waals surface area contributed by atoms with Gasteiger partial charge in [0.2, 0.25) is 6.79 Å². The lowest BCUT2D eigenvalue weighted by molar-refractivity contribution is 0.174. The average molecular weight is 451 g/mol. The van der Waals surface area contributed by atoms with Gasteiger partial charge in [-0.05, 0) is 49.6 Å². The number of benzene rings is 2. The van der Waals surface area contributed by atoms with Gasteiger partial charge in [0.05, 0.1) is 15.7 Å². The SMILES string of the molecule is Oc1cc2c(cc1CCCCCCN1CCN(c3cccc(Cl)c3Cl)CC1)OCO2. The third-order valence-corrected chi connectivity index (χ3v) is 6.70. The number of unbranched alkanes of at least 4 members (excludes halogenated alkanes) is 3. The van der Waals surface area contributed by atoms with E-state index in [9.17, 15) is 5.11 Å². The van der Waals surface area contributed by atoms with Crippen LogP contribution in [0.25, 0.3) is 0 Å². The maximum absolute atomic E-state index is 10.1. The third kappa shape index (κ3) is 5.08. The number of aryl methyl sites for hydroxylation is 1. The summed E-state index contributed by atoms with van der Waals surface area (Å²) in [5.41, 5.74) is 1.98. The second-order valence-corrected chi connectivity index (χ2v) is 8.69. The maximum atomic E-state index is 10.1. The van der Waals surface area contributed by atoms with Crippen LogP contribution in [0.1, 0.15) is 31.2 Å². The Balaban J connectivity index is 1.12. The molecule has 0 aromatic heterocycles. The summed E-state index contributed by atoms with van der Waals surface area (Å²) in [5.74, 6) is 1.67. The summed E-state index contributed by atoms with van der Waals surface area (Å²) >= 11 is 12.5. The van der Waals surface area contributed by atoms with Crippen LogP contribution in [0.2, 0.25) is 10.0 Å². The molecule has 5 nitrogen and oxygen atoms in total. The predicted octanol–water partition coefficient (Wildman–Crippen LogP) is 5.35. The summed E-state index contributed by atoms with van der Waals surface area (Å²) < 4.78 is 10.7. The first-order valence-corrected chi connectivity index (χ1v) is 11.4. The Morgan fingerprint density at radius 1 is 0.900 bits per heavy atom. The van der Waals surface area contributed by atoms with Crippen LogP contribution >= 0.6 is 23.2 Å². The zero-order chi connectivity index (χ0) is 20.9. The maximum Gasteiger partial charge on any atom is 0.231 e. The fourth-order valence-electron chi connectivity index (χ4n) is 4.13. The van der Waals surface area contributed by atoms with Gasteiger partial charge in [-0.3, -0.25) is 4.90 Å². The van der Waals surface area contributed by atoms with Gasteiger partial charge in [0.1, 0.15) is 5.75 Å². The van der Waals surface area contributed by atoms with Gasteiger partial charge < -0.3 is 19.5 Å². The van der Waals surface area contributed by atoms with Crippen molar-refractivity contribution in [3.8, 4) is 17.2 Å². The fourth-order valence-corrected chi connectivity index (χ4v) is 4.54. The molecule has 1 N–H and O–H groups in total. The summed E-state index contributed by atoms with van der Waals surface area (Å²) in [5, 5.41) is 11.4. The van der Waals surface area contributed by atoms with E-state index in [0.717, 1.165) is 69.0 Å². The number of halogens is 2. The molecule has 0 atom stereocenters. The van der Waals surface area contributed by atoms with E-state index in [1.807, 2.05) is 24.3 Å². The van der Waals surface area contributed by atoms with Crippen LogP contribution in [0.3, 0.4) is 0 Å². The molecule has 2 aromatic carbocycles. The van der Waals surface area contributed by atoms with Gasteiger partial charge >= 0.3 is 0 Å². The number of phenols is 1. The van der Waals surface area contributed by atoms with Crippen LogP contribution in [-0.2, 0) is 6.42 Å². The van der Waals surface area contributed by atoms with E-state index in [1.54, 1.807) is 6.07 Å². The van der Waals surface area contributed by atoms with Gasteiger partial charge in [0.25, 0.3) is 0 Å². The number of nitrogens with zero attached hydrogens (tertiary/aromatic N) is 2. The van der Waals surface area contributed by atoms with E-state index in [4.69, 9.17) is 32.7 Å². The molecule has 0 spiro atoms. The number of hydrogen-bond donors (Lipinski definition) is 1. The van der Waals surface area contributed by atoms with Gasteiger partial charge in [-0.1, -0.05) is 42.1 Å². The lowest BCUT2D eigenvalue weighted by Gasteiger charge is -2.36. The van der Waals surface area contributed by atoms with Gasteiger partial charge in [-0.25, -0.2) is 0 Å². The lowest BCUT2D eigenvalue weighted by atomic mass is 10.0. The third-order valence-electron chi connectivity index (χ3n) is 5.89. The summed E-state index contributed by atoms with van der Waals surface area (Å²) in [7, 11) is 0. The molecule has 0 saturated carbocycles. The van der Waals surface area contributed by atoms with Gasteiger partial charge in [0.15, 0.2) is 11.5 Å². The smallest absolute Gasteiger partial charge is 0.231 e. The zero-order valence-corrected chi connectivity index (χ0v) is 18.6. The van der Waals surface area contributed by atoms with Crippen molar-refractivity contribution in [2.45, 2.75) is 32.1 Å². The first-order chi connectivity index (χ1) is 14.6. The summed E-state index contributed by atoms with van der Waals surface area (Å²) in [6, 6.07) is 9.40. The highest BCUT2D eigenvalue weighted by atomic mass is 35.5. The molecule has 0 bridgehead atoms. The molecule has 0 radical (unpaired) electrons. The van der Waals surface area contributed by atoms with E-state index in [-0.39, 0.29) is 6.79 Å². The molecule has 2 aromatic rings. The zero-order valence-electron chi connectivity index (χ0n) is 17.1. The lowest BCUT2D eigenvalue weighted by Crippen LogP contribution is -2.46. The molecule has 2 aliphatic rings.